The molecule has 31 heavy (non-hydrogen) atoms. The maximum atomic E-state index is 11.9. The zero-order valence-corrected chi connectivity index (χ0v) is 20.0. The maximum Gasteiger partial charge on any atom is 0.228 e. The number of piperazine rings is 1. The minimum absolute atomic E-state index is 0.653. The van der Waals surface area contributed by atoms with E-state index in [9.17, 15) is 4.55 Å². The summed E-state index contributed by atoms with van der Waals surface area (Å²) < 4.78 is 12.9. The second kappa shape index (κ2) is 9.45. The minimum atomic E-state index is -0.755. The Hall–Kier alpha value is -1.66. The highest BCUT2D eigenvalue weighted by Crippen LogP contribution is 2.34. The first-order valence-electron chi connectivity index (χ1n) is 10.2. The van der Waals surface area contributed by atoms with Crippen LogP contribution in [-0.4, -0.2) is 75.3 Å². The van der Waals surface area contributed by atoms with E-state index in [2.05, 4.69) is 53.1 Å². The van der Waals surface area contributed by atoms with Crippen LogP contribution in [-0.2, 0) is 11.2 Å². The molecule has 0 atom stereocenters. The van der Waals surface area contributed by atoms with Crippen molar-refractivity contribution in [2.45, 2.75) is 9.92 Å². The molecule has 2 aliphatic heterocycles. The summed E-state index contributed by atoms with van der Waals surface area (Å²) in [5, 5.41) is 4.19. The van der Waals surface area contributed by atoms with Crippen molar-refractivity contribution in [3.05, 3.63) is 35.1 Å². The number of aromatic nitrogens is 4. The summed E-state index contributed by atoms with van der Waals surface area (Å²) in [4.78, 5) is 24.5. The van der Waals surface area contributed by atoms with E-state index in [0.717, 1.165) is 57.4 Å². The third-order valence-corrected chi connectivity index (χ3v) is 8.13. The predicted octanol–water partition coefficient (Wildman–Crippen LogP) is 2.31. The number of nitrogens with one attached hydrogen (secondary N) is 1. The first-order valence-corrected chi connectivity index (χ1v) is 13.3. The molecule has 0 spiro atoms. The number of halogens is 1. The molecule has 1 aromatic carbocycles. The zero-order valence-electron chi connectivity index (χ0n) is 16.8. The monoisotopic (exact) mass is 519 g/mol. The Morgan fingerprint density at radius 2 is 1.68 bits per heavy atom. The summed E-state index contributed by atoms with van der Waals surface area (Å²) in [6, 6.07) is 8.15. The van der Waals surface area contributed by atoms with E-state index in [1.807, 2.05) is 12.1 Å². The van der Waals surface area contributed by atoms with Gasteiger partial charge >= 0.3 is 0 Å². The van der Waals surface area contributed by atoms with Crippen LogP contribution in [0.4, 0.5) is 11.8 Å². The van der Waals surface area contributed by atoms with Gasteiger partial charge in [-0.25, -0.2) is 15.0 Å². The van der Waals surface area contributed by atoms with Crippen molar-refractivity contribution in [1.29, 1.82) is 0 Å². The molecule has 2 aliphatic rings. The van der Waals surface area contributed by atoms with E-state index in [1.165, 1.54) is 0 Å². The van der Waals surface area contributed by atoms with Crippen LogP contribution in [0.3, 0.4) is 0 Å². The Kier molecular flexibility index (Phi) is 6.46. The van der Waals surface area contributed by atoms with Gasteiger partial charge in [-0.3, -0.25) is 0 Å². The molecule has 8 nitrogen and oxygen atoms in total. The first-order chi connectivity index (χ1) is 15.2. The van der Waals surface area contributed by atoms with Gasteiger partial charge in [0.05, 0.1) is 13.1 Å². The lowest BCUT2D eigenvalue weighted by Crippen LogP contribution is -2.45. The number of nitrogens with zero attached hydrogens (tertiary/aromatic N) is 6. The van der Waals surface area contributed by atoms with Gasteiger partial charge in [0.25, 0.3) is 0 Å². The number of anilines is 2. The van der Waals surface area contributed by atoms with Crippen molar-refractivity contribution in [3.63, 3.8) is 0 Å². The zero-order chi connectivity index (χ0) is 21.2. The summed E-state index contributed by atoms with van der Waals surface area (Å²) in [6.07, 6.45) is 1.59. The van der Waals surface area contributed by atoms with Gasteiger partial charge in [-0.05, 0) is 24.3 Å². The molecule has 4 heterocycles. The van der Waals surface area contributed by atoms with Crippen molar-refractivity contribution in [1.82, 2.24) is 25.3 Å². The van der Waals surface area contributed by atoms with Gasteiger partial charge in [-0.2, -0.15) is 4.98 Å². The van der Waals surface area contributed by atoms with E-state index >= 15 is 0 Å². The summed E-state index contributed by atoms with van der Waals surface area (Å²) in [5.41, 5.74) is 1.52. The van der Waals surface area contributed by atoms with Crippen LogP contribution >= 0.6 is 27.7 Å². The molecule has 2 fully saturated rings. The van der Waals surface area contributed by atoms with Crippen LogP contribution in [0.2, 0.25) is 0 Å². The lowest BCUT2D eigenvalue weighted by molar-refractivity contribution is 0.578. The van der Waals surface area contributed by atoms with E-state index < -0.39 is 11.2 Å². The molecule has 0 radical (unpaired) electrons. The number of hydrogen-bond acceptors (Lipinski definition) is 9. The Morgan fingerprint density at radius 1 is 0.935 bits per heavy atom. The molecular weight excluding hydrogens is 498 g/mol. The second-order valence-corrected chi connectivity index (χ2v) is 11.0. The fourth-order valence-electron chi connectivity index (χ4n) is 3.67. The fourth-order valence-corrected chi connectivity index (χ4v) is 5.82. The van der Waals surface area contributed by atoms with Crippen molar-refractivity contribution < 1.29 is 4.55 Å². The van der Waals surface area contributed by atoms with Gasteiger partial charge in [-0.1, -0.05) is 38.9 Å². The third-order valence-electron chi connectivity index (χ3n) is 5.32. The van der Waals surface area contributed by atoms with Gasteiger partial charge in [-0.15, -0.1) is 0 Å². The van der Waals surface area contributed by atoms with E-state index in [4.69, 9.17) is 9.97 Å². The minimum Gasteiger partial charge on any atom is -0.616 e. The van der Waals surface area contributed by atoms with Crippen LogP contribution in [0, 0.1) is 0 Å². The van der Waals surface area contributed by atoms with Crippen molar-refractivity contribution in [2.24, 2.45) is 0 Å². The number of benzene rings is 1. The molecule has 0 saturated carbocycles. The molecule has 0 aliphatic carbocycles. The lowest BCUT2D eigenvalue weighted by atomic mass is 10.3. The second-order valence-electron chi connectivity index (χ2n) is 7.35. The van der Waals surface area contributed by atoms with Gasteiger partial charge in [0.2, 0.25) is 5.95 Å². The summed E-state index contributed by atoms with van der Waals surface area (Å²) >= 11 is 4.31. The highest BCUT2D eigenvalue weighted by molar-refractivity contribution is 9.10. The molecule has 11 heteroatoms. The van der Waals surface area contributed by atoms with Gasteiger partial charge < -0.3 is 19.7 Å². The van der Waals surface area contributed by atoms with Crippen LogP contribution in [0.1, 0.15) is 0 Å². The average molecular weight is 520 g/mol. The summed E-state index contributed by atoms with van der Waals surface area (Å²) in [7, 11) is 0. The standard InChI is InChI=1S/C20H22BrN7OS2/c21-14-1-3-15(4-2-14)30-19-17-16(23-13-24-19)18(27-9-11-31(29)12-10-27)26-20(25-17)28-7-5-22-6-8-28/h1-4,13,22H,5-12H2. The largest absolute Gasteiger partial charge is 0.616 e. The van der Waals surface area contributed by atoms with Crippen LogP contribution in [0.5, 0.6) is 0 Å². The molecule has 2 aromatic heterocycles. The predicted molar refractivity (Wildman–Crippen MR) is 129 cm³/mol. The van der Waals surface area contributed by atoms with E-state index in [0.29, 0.717) is 30.5 Å². The quantitative estimate of drug-likeness (QED) is 0.411. The van der Waals surface area contributed by atoms with Crippen LogP contribution < -0.4 is 15.1 Å². The highest BCUT2D eigenvalue weighted by Gasteiger charge is 2.26. The highest BCUT2D eigenvalue weighted by atomic mass is 79.9. The molecule has 0 amide bonds. The molecule has 2 saturated heterocycles. The SMILES string of the molecule is [O-][S+]1CCN(c2nc(N3CCNCC3)nc3c(Sc4ccc(Br)cc4)ncnc23)CC1. The fraction of sp³-hybridized carbons (Fsp3) is 0.400. The number of hydrogen-bond donors (Lipinski definition) is 1. The molecule has 162 valence electrons. The van der Waals surface area contributed by atoms with Crippen LogP contribution in [0.25, 0.3) is 11.0 Å². The maximum absolute atomic E-state index is 11.9. The molecule has 0 unspecified atom stereocenters. The smallest absolute Gasteiger partial charge is 0.228 e. The van der Waals surface area contributed by atoms with Gasteiger partial charge in [0.1, 0.15) is 33.9 Å². The molecule has 3 aromatic rings. The molecule has 0 bridgehead atoms. The summed E-state index contributed by atoms with van der Waals surface area (Å²) in [5.74, 6) is 2.83. The molecule has 1 N–H and O–H groups in total. The number of fused-ring (bicyclic) bond motifs is 1. The van der Waals surface area contributed by atoms with Crippen molar-refractivity contribution >= 4 is 61.7 Å². The Bertz CT molecular complexity index is 1060. The first kappa shape index (κ1) is 21.2. The molecule has 5 rings (SSSR count). The summed E-state index contributed by atoms with van der Waals surface area (Å²) in [6.45, 7) is 4.95. The van der Waals surface area contributed by atoms with E-state index in [1.54, 1.807) is 18.1 Å². The Labute approximate surface area is 196 Å². The van der Waals surface area contributed by atoms with Crippen LogP contribution in [0.15, 0.2) is 45.0 Å². The van der Waals surface area contributed by atoms with Crippen molar-refractivity contribution in [2.75, 3.05) is 60.6 Å². The normalized spacial score (nSPS) is 18.0. The Balaban J connectivity index is 1.59. The van der Waals surface area contributed by atoms with Crippen molar-refractivity contribution in [3.8, 4) is 0 Å². The van der Waals surface area contributed by atoms with Gasteiger partial charge in [0.15, 0.2) is 5.82 Å². The third kappa shape index (κ3) is 4.75. The number of rotatable bonds is 4. The topological polar surface area (TPSA) is 93.1 Å². The molecular formula is C20H22BrN7OS2. The van der Waals surface area contributed by atoms with E-state index in [-0.39, 0.29) is 0 Å². The lowest BCUT2D eigenvalue weighted by Gasteiger charge is -2.31. The Morgan fingerprint density at radius 3 is 2.42 bits per heavy atom. The van der Waals surface area contributed by atoms with Gasteiger partial charge in [0, 0.05) is 35.5 Å². The average Bonchev–Trinajstić information content (AvgIpc) is 2.81.